The Kier molecular flexibility index (Phi) is 9.94. The molecule has 2 aromatic rings. The number of nitrogen functional groups attached to an aromatic ring is 1. The smallest absolute Gasteiger partial charge is 0.336 e. The van der Waals surface area contributed by atoms with Crippen molar-refractivity contribution in [2.24, 2.45) is 17.6 Å². The predicted octanol–water partition coefficient (Wildman–Crippen LogP) is 2.60. The summed E-state index contributed by atoms with van der Waals surface area (Å²) in [7, 11) is 0. The molecule has 1 fully saturated rings. The van der Waals surface area contributed by atoms with Gasteiger partial charge in [-0.1, -0.05) is 73.9 Å². The molecule has 2 atom stereocenters. The molecule has 2 aromatic carbocycles. The van der Waals surface area contributed by atoms with Crippen molar-refractivity contribution in [2.45, 2.75) is 58.0 Å². The van der Waals surface area contributed by atoms with Crippen molar-refractivity contribution in [3.8, 4) is 0 Å². The van der Waals surface area contributed by atoms with Gasteiger partial charge >= 0.3 is 11.9 Å². The van der Waals surface area contributed by atoms with E-state index in [9.17, 15) is 19.2 Å². The zero-order chi connectivity index (χ0) is 26.8. The molecule has 196 valence electrons. The molecule has 3 rings (SSSR count). The quantitative estimate of drug-likeness (QED) is 0.168. The van der Waals surface area contributed by atoms with Gasteiger partial charge in [-0.05, 0) is 36.3 Å². The fourth-order valence-electron chi connectivity index (χ4n) is 4.56. The topological polar surface area (TPSA) is 151 Å². The predicted molar refractivity (Wildman–Crippen MR) is 138 cm³/mol. The average molecular weight is 507 g/mol. The second kappa shape index (κ2) is 13.3. The Hall–Kier alpha value is -4.01. The normalized spacial score (nSPS) is 15.2. The molecule has 1 aliphatic rings. The van der Waals surface area contributed by atoms with Gasteiger partial charge in [0.25, 0.3) is 0 Å². The minimum absolute atomic E-state index is 0.0732. The molecule has 9 nitrogen and oxygen atoms in total. The standard InChI is InChI=1S/C28H34N4O5/c1-18(33)37-28(36)24(21-10-6-3-7-11-21)32-27(35)23(16-19-12-14-22(15-13-19)25(29)30)26(34)31-17-20-8-4-2-5-9-20/h2,4-5,8-9,12-15,21,23-24H,3,6-7,10-11,16-17H2,1H3,(H3,29,30)(H,31,34)(H,32,35)/t23-,24?/m0/s1. The molecule has 0 saturated heterocycles. The van der Waals surface area contributed by atoms with Crippen molar-refractivity contribution in [1.82, 2.24) is 10.6 Å². The summed E-state index contributed by atoms with van der Waals surface area (Å²) in [6.45, 7) is 1.38. The second-order valence-electron chi connectivity index (χ2n) is 9.37. The second-order valence-corrected chi connectivity index (χ2v) is 9.37. The Morgan fingerprint density at radius 3 is 2.19 bits per heavy atom. The van der Waals surface area contributed by atoms with Crippen molar-refractivity contribution in [2.75, 3.05) is 0 Å². The van der Waals surface area contributed by atoms with Crippen LogP contribution in [0.1, 0.15) is 55.7 Å². The van der Waals surface area contributed by atoms with Crippen molar-refractivity contribution in [1.29, 1.82) is 5.41 Å². The summed E-state index contributed by atoms with van der Waals surface area (Å²) in [6.07, 6.45) is 4.37. The van der Waals surface area contributed by atoms with Crippen LogP contribution in [0.3, 0.4) is 0 Å². The summed E-state index contributed by atoms with van der Waals surface area (Å²) < 4.78 is 4.84. The maximum absolute atomic E-state index is 13.5. The Balaban J connectivity index is 1.81. The summed E-state index contributed by atoms with van der Waals surface area (Å²) in [5.74, 6) is -4.04. The molecule has 1 unspecified atom stereocenters. The minimum atomic E-state index is -1.14. The third-order valence-corrected chi connectivity index (χ3v) is 6.56. The van der Waals surface area contributed by atoms with Crippen LogP contribution < -0.4 is 16.4 Å². The van der Waals surface area contributed by atoms with E-state index in [0.717, 1.165) is 44.6 Å². The fourth-order valence-corrected chi connectivity index (χ4v) is 4.56. The zero-order valence-electron chi connectivity index (χ0n) is 21.0. The molecule has 2 amide bonds. The number of amidine groups is 1. The average Bonchev–Trinajstić information content (AvgIpc) is 2.89. The molecular weight excluding hydrogens is 472 g/mol. The van der Waals surface area contributed by atoms with E-state index in [1.54, 1.807) is 24.3 Å². The summed E-state index contributed by atoms with van der Waals surface area (Å²) >= 11 is 0. The first-order valence-electron chi connectivity index (χ1n) is 12.5. The number of esters is 2. The maximum Gasteiger partial charge on any atom is 0.336 e. The van der Waals surface area contributed by atoms with Crippen molar-refractivity contribution < 1.29 is 23.9 Å². The van der Waals surface area contributed by atoms with Gasteiger partial charge in [0.2, 0.25) is 11.8 Å². The third-order valence-electron chi connectivity index (χ3n) is 6.56. The lowest BCUT2D eigenvalue weighted by atomic mass is 9.83. The van der Waals surface area contributed by atoms with Crippen LogP contribution in [0.25, 0.3) is 0 Å². The molecule has 0 spiro atoms. The highest BCUT2D eigenvalue weighted by molar-refractivity contribution is 6.02. The van der Waals surface area contributed by atoms with E-state index >= 15 is 0 Å². The van der Waals surface area contributed by atoms with Gasteiger partial charge in [0.15, 0.2) is 0 Å². The van der Waals surface area contributed by atoms with Gasteiger partial charge < -0.3 is 21.1 Å². The largest absolute Gasteiger partial charge is 0.392 e. The van der Waals surface area contributed by atoms with Crippen LogP contribution in [0.5, 0.6) is 0 Å². The molecular formula is C28H34N4O5. The highest BCUT2D eigenvalue weighted by Crippen LogP contribution is 2.27. The number of carbonyl (C=O) groups is 4. The van der Waals surface area contributed by atoms with Crippen molar-refractivity contribution in [3.05, 3.63) is 71.3 Å². The van der Waals surface area contributed by atoms with E-state index in [4.69, 9.17) is 15.9 Å². The van der Waals surface area contributed by atoms with Crippen LogP contribution in [-0.2, 0) is 36.9 Å². The molecule has 37 heavy (non-hydrogen) atoms. The minimum Gasteiger partial charge on any atom is -0.392 e. The lowest BCUT2D eigenvalue weighted by Gasteiger charge is -2.30. The number of amides is 2. The van der Waals surface area contributed by atoms with Gasteiger partial charge in [-0.2, -0.15) is 0 Å². The Morgan fingerprint density at radius 1 is 0.946 bits per heavy atom. The monoisotopic (exact) mass is 506 g/mol. The Bertz CT molecular complexity index is 1110. The molecule has 1 saturated carbocycles. The van der Waals surface area contributed by atoms with Gasteiger partial charge in [-0.15, -0.1) is 0 Å². The van der Waals surface area contributed by atoms with Gasteiger partial charge in [0, 0.05) is 19.0 Å². The molecule has 5 N–H and O–H groups in total. The lowest BCUT2D eigenvalue weighted by molar-refractivity contribution is -0.162. The van der Waals surface area contributed by atoms with Crippen LogP contribution in [-0.4, -0.2) is 35.6 Å². The molecule has 0 aliphatic heterocycles. The summed E-state index contributed by atoms with van der Waals surface area (Å²) in [6, 6.07) is 15.1. The number of rotatable bonds is 10. The number of hydrogen-bond acceptors (Lipinski definition) is 6. The Labute approximate surface area is 216 Å². The van der Waals surface area contributed by atoms with Gasteiger partial charge in [-0.25, -0.2) is 4.79 Å². The fraction of sp³-hybridized carbons (Fsp3) is 0.393. The summed E-state index contributed by atoms with van der Waals surface area (Å²) in [5.41, 5.74) is 7.64. The number of nitrogens with one attached hydrogen (secondary N) is 3. The SMILES string of the molecule is CC(=O)OC(=O)C(NC(=O)[C@@H](Cc1ccc(C(=N)N)cc1)C(=O)NCc1ccccc1)C1CCCCC1. The van der Waals surface area contributed by atoms with E-state index in [2.05, 4.69) is 10.6 Å². The first-order valence-corrected chi connectivity index (χ1v) is 12.5. The van der Waals surface area contributed by atoms with Crippen LogP contribution in [0, 0.1) is 17.2 Å². The number of carbonyl (C=O) groups excluding carboxylic acids is 4. The first kappa shape index (κ1) is 27.6. The van der Waals surface area contributed by atoms with E-state index in [1.807, 2.05) is 30.3 Å². The third kappa shape index (κ3) is 8.27. The van der Waals surface area contributed by atoms with Crippen molar-refractivity contribution >= 4 is 29.6 Å². The van der Waals surface area contributed by atoms with Gasteiger partial charge in [0.1, 0.15) is 17.8 Å². The molecule has 0 bridgehead atoms. The molecule has 1 aliphatic carbocycles. The van der Waals surface area contributed by atoms with Crippen LogP contribution >= 0.6 is 0 Å². The Morgan fingerprint density at radius 2 is 1.59 bits per heavy atom. The van der Waals surface area contributed by atoms with Gasteiger partial charge in [0.05, 0.1) is 0 Å². The summed E-state index contributed by atoms with van der Waals surface area (Å²) in [5, 5.41) is 13.1. The van der Waals surface area contributed by atoms with E-state index in [0.29, 0.717) is 11.1 Å². The lowest BCUT2D eigenvalue weighted by Crippen LogP contribution is -2.52. The molecule has 0 aromatic heterocycles. The number of hydrogen-bond donors (Lipinski definition) is 4. The summed E-state index contributed by atoms with van der Waals surface area (Å²) in [4.78, 5) is 51.0. The zero-order valence-corrected chi connectivity index (χ0v) is 21.0. The number of ether oxygens (including phenoxy) is 1. The van der Waals surface area contributed by atoms with E-state index in [1.165, 1.54) is 0 Å². The van der Waals surface area contributed by atoms with E-state index < -0.39 is 35.7 Å². The molecule has 0 heterocycles. The maximum atomic E-state index is 13.5. The van der Waals surface area contributed by atoms with Crippen LogP contribution in [0.15, 0.2) is 54.6 Å². The highest BCUT2D eigenvalue weighted by atomic mass is 16.6. The van der Waals surface area contributed by atoms with E-state index in [-0.39, 0.29) is 24.7 Å². The molecule has 0 radical (unpaired) electrons. The van der Waals surface area contributed by atoms with Crippen molar-refractivity contribution in [3.63, 3.8) is 0 Å². The number of nitrogens with two attached hydrogens (primary N) is 1. The van der Waals surface area contributed by atoms with Gasteiger partial charge in [-0.3, -0.25) is 19.8 Å². The molecule has 9 heteroatoms. The number of benzene rings is 2. The first-order chi connectivity index (χ1) is 17.7. The highest BCUT2D eigenvalue weighted by Gasteiger charge is 2.36. The van der Waals surface area contributed by atoms with Crippen LogP contribution in [0.2, 0.25) is 0 Å². The van der Waals surface area contributed by atoms with Crippen LogP contribution in [0.4, 0.5) is 0 Å².